The van der Waals surface area contributed by atoms with Crippen LogP contribution in [0.1, 0.15) is 13.3 Å². The molecule has 0 saturated carbocycles. The van der Waals surface area contributed by atoms with E-state index < -0.39 is 26.5 Å². The molecule has 0 N–H and O–H groups in total. The van der Waals surface area contributed by atoms with Gasteiger partial charge in [0.15, 0.2) is 0 Å². The molecule has 1 heterocycles. The van der Waals surface area contributed by atoms with Crippen LogP contribution in [-0.4, -0.2) is 26.5 Å². The molecule has 1 saturated heterocycles. The van der Waals surface area contributed by atoms with Crippen LogP contribution in [0, 0.1) is 0 Å². The zero-order chi connectivity index (χ0) is 8.70. The maximum absolute atomic E-state index is 2.66. The fourth-order valence-electron chi connectivity index (χ4n) is 3.16. The SMILES string of the molecule is CC[CH]1[Ge]([CH3])([CH3])[CH2][CH2][Ge]1([CH3])[CH3]. The van der Waals surface area contributed by atoms with E-state index in [1.165, 1.54) is 10.0 Å². The third-order valence-corrected chi connectivity index (χ3v) is 39.0. The van der Waals surface area contributed by atoms with Crippen molar-refractivity contribution in [2.24, 2.45) is 0 Å². The molecule has 2 heteroatoms. The van der Waals surface area contributed by atoms with Crippen molar-refractivity contribution in [3.8, 4) is 0 Å². The Morgan fingerprint density at radius 3 is 1.55 bits per heavy atom. The molecule has 0 aromatic heterocycles. The van der Waals surface area contributed by atoms with Crippen molar-refractivity contribution >= 4 is 26.5 Å². The summed E-state index contributed by atoms with van der Waals surface area (Å²) < 4.78 is 1.30. The second-order valence-corrected chi connectivity index (χ2v) is 29.7. The fraction of sp³-hybridized carbons (Fsp3) is 1.00. The van der Waals surface area contributed by atoms with E-state index >= 15 is 0 Å². The van der Waals surface area contributed by atoms with Crippen LogP contribution in [0.4, 0.5) is 0 Å². The van der Waals surface area contributed by atoms with Crippen molar-refractivity contribution in [2.45, 2.75) is 50.5 Å². The molecular weight excluding hydrogens is 253 g/mol. The van der Waals surface area contributed by atoms with E-state index in [0.29, 0.717) is 0 Å². The second kappa shape index (κ2) is 3.10. The first kappa shape index (κ1) is 10.2. The van der Waals surface area contributed by atoms with Crippen molar-refractivity contribution in [2.75, 3.05) is 0 Å². The molecule has 0 aliphatic carbocycles. The molecule has 0 aromatic rings. The van der Waals surface area contributed by atoms with Crippen LogP contribution in [0.3, 0.4) is 0 Å². The van der Waals surface area contributed by atoms with Crippen molar-refractivity contribution in [3.05, 3.63) is 0 Å². The molecule has 1 rings (SSSR count). The second-order valence-electron chi connectivity index (χ2n) is 5.44. The molecule has 66 valence electrons. The molecule has 0 spiro atoms. The van der Waals surface area contributed by atoms with Gasteiger partial charge in [0.2, 0.25) is 0 Å². The normalized spacial score (nSPS) is 29.2. The van der Waals surface area contributed by atoms with E-state index in [1.807, 2.05) is 0 Å². The summed E-state index contributed by atoms with van der Waals surface area (Å²) in [7, 11) is 0. The van der Waals surface area contributed by atoms with Crippen LogP contribution in [0.15, 0.2) is 0 Å². The zero-order valence-corrected chi connectivity index (χ0v) is 12.9. The van der Waals surface area contributed by atoms with Crippen molar-refractivity contribution < 1.29 is 0 Å². The number of hydrogen-bond acceptors (Lipinski definition) is 0. The first-order valence-corrected chi connectivity index (χ1v) is 18.7. The molecular formula is C9H22Ge2. The molecule has 0 nitrogen and oxygen atoms in total. The van der Waals surface area contributed by atoms with Crippen LogP contribution in [0.2, 0.25) is 37.1 Å². The van der Waals surface area contributed by atoms with Crippen LogP contribution < -0.4 is 0 Å². The Bertz CT molecular complexity index is 134. The van der Waals surface area contributed by atoms with Gasteiger partial charge in [-0.3, -0.25) is 0 Å². The summed E-state index contributed by atoms with van der Waals surface area (Å²) in [5, 5.41) is 3.37. The summed E-state index contributed by atoms with van der Waals surface area (Å²) in [6.07, 6.45) is 1.51. The molecule has 1 fully saturated rings. The molecule has 1 aliphatic rings. The van der Waals surface area contributed by atoms with Crippen LogP contribution in [0.5, 0.6) is 0 Å². The molecule has 11 heavy (non-hydrogen) atoms. The van der Waals surface area contributed by atoms with Gasteiger partial charge in [-0.2, -0.15) is 0 Å². The van der Waals surface area contributed by atoms with Gasteiger partial charge in [0.25, 0.3) is 0 Å². The molecule has 0 amide bonds. The minimum atomic E-state index is -1.21. The Morgan fingerprint density at radius 2 is 1.36 bits per heavy atom. The van der Waals surface area contributed by atoms with Gasteiger partial charge < -0.3 is 0 Å². The average Bonchev–Trinajstić information content (AvgIpc) is 2.03. The quantitative estimate of drug-likeness (QED) is 0.640. The van der Waals surface area contributed by atoms with Crippen molar-refractivity contribution in [1.29, 1.82) is 0 Å². The molecule has 0 unspecified atom stereocenters. The number of hydrogen-bond donors (Lipinski definition) is 0. The Morgan fingerprint density at radius 1 is 1.00 bits per heavy atom. The molecule has 0 bridgehead atoms. The maximum atomic E-state index is 2.66. The first-order chi connectivity index (χ1) is 4.90. The van der Waals surface area contributed by atoms with E-state index in [1.54, 1.807) is 10.5 Å². The van der Waals surface area contributed by atoms with E-state index in [4.69, 9.17) is 0 Å². The van der Waals surface area contributed by atoms with Crippen LogP contribution in [-0.2, 0) is 0 Å². The van der Waals surface area contributed by atoms with Crippen molar-refractivity contribution in [3.63, 3.8) is 0 Å². The summed E-state index contributed by atoms with van der Waals surface area (Å²) in [4.78, 5) is 0. The third-order valence-electron chi connectivity index (χ3n) is 3.71. The standard InChI is InChI=1S/C9H22Ge2/c1-6-9-10(2,3)7-8-11(9,4)5/h9H,6-8H2,1-5H3. The van der Waals surface area contributed by atoms with Gasteiger partial charge in [-0.1, -0.05) is 0 Å². The Hall–Kier alpha value is 1.09. The monoisotopic (exact) mass is 278 g/mol. The van der Waals surface area contributed by atoms with E-state index in [-0.39, 0.29) is 0 Å². The van der Waals surface area contributed by atoms with E-state index in [0.717, 1.165) is 0 Å². The molecule has 1 aliphatic heterocycles. The minimum absolute atomic E-state index is 1.21. The molecule has 0 radical (unpaired) electrons. The third kappa shape index (κ3) is 1.88. The molecule has 0 atom stereocenters. The van der Waals surface area contributed by atoms with Crippen molar-refractivity contribution in [1.82, 2.24) is 0 Å². The van der Waals surface area contributed by atoms with Gasteiger partial charge >= 0.3 is 77.0 Å². The van der Waals surface area contributed by atoms with Gasteiger partial charge in [0.1, 0.15) is 0 Å². The summed E-state index contributed by atoms with van der Waals surface area (Å²) in [5.74, 6) is 10.6. The first-order valence-electron chi connectivity index (χ1n) is 4.90. The van der Waals surface area contributed by atoms with Crippen LogP contribution >= 0.6 is 0 Å². The Labute approximate surface area is 76.9 Å². The predicted molar refractivity (Wildman–Crippen MR) is 58.6 cm³/mol. The predicted octanol–water partition coefficient (Wildman–Crippen LogP) is 3.74. The topological polar surface area (TPSA) is 0 Å². The van der Waals surface area contributed by atoms with Gasteiger partial charge in [0.05, 0.1) is 0 Å². The summed E-state index contributed by atoms with van der Waals surface area (Å²) in [6.45, 7) is 2.43. The summed E-state index contributed by atoms with van der Waals surface area (Å²) in [6, 6.07) is 0. The molecule has 0 aromatic carbocycles. The van der Waals surface area contributed by atoms with Gasteiger partial charge in [0, 0.05) is 0 Å². The van der Waals surface area contributed by atoms with Crippen LogP contribution in [0.25, 0.3) is 0 Å². The van der Waals surface area contributed by atoms with E-state index in [9.17, 15) is 0 Å². The Kier molecular flexibility index (Phi) is 2.86. The summed E-state index contributed by atoms with van der Waals surface area (Å²) in [5.41, 5.74) is 0. The Balaban J connectivity index is 2.80. The number of rotatable bonds is 1. The average molecular weight is 275 g/mol. The van der Waals surface area contributed by atoms with Gasteiger partial charge in [-0.05, 0) is 0 Å². The zero-order valence-electron chi connectivity index (χ0n) is 8.70. The van der Waals surface area contributed by atoms with Gasteiger partial charge in [-0.25, -0.2) is 0 Å². The van der Waals surface area contributed by atoms with Gasteiger partial charge in [-0.15, -0.1) is 0 Å². The summed E-state index contributed by atoms with van der Waals surface area (Å²) >= 11 is -2.42. The fourth-order valence-corrected chi connectivity index (χ4v) is 56.7. The van der Waals surface area contributed by atoms with E-state index in [2.05, 4.69) is 29.9 Å².